The predicted octanol–water partition coefficient (Wildman–Crippen LogP) is 3.90. The fourth-order valence-electron chi connectivity index (χ4n) is 4.88. The largest absolute Gasteiger partial charge is 0.387 e. The first-order chi connectivity index (χ1) is 15.7. The molecule has 0 aliphatic carbocycles. The van der Waals surface area contributed by atoms with E-state index >= 15 is 0 Å². The van der Waals surface area contributed by atoms with Crippen molar-refractivity contribution in [2.24, 2.45) is 5.92 Å². The smallest absolute Gasteiger partial charge is 0.133 e. The van der Waals surface area contributed by atoms with Crippen LogP contribution < -0.4 is 15.1 Å². The Labute approximate surface area is 192 Å². The molecule has 1 N–H and O–H groups in total. The standard InChI is InChI=1S/C26H37N5O/c1-27-23-9-10-26(28-21-23)31-14-11-22(12-15-31)20-25(32)8-5-13-29-16-18-30(19-17-29)24-6-3-2-4-7-24/h2-4,6-7,9-10,21-22,27H,5,8,11-20H2,1H3. The average molecular weight is 436 g/mol. The van der Waals surface area contributed by atoms with E-state index in [0.717, 1.165) is 89.4 Å². The summed E-state index contributed by atoms with van der Waals surface area (Å²) in [7, 11) is 1.91. The lowest BCUT2D eigenvalue weighted by Crippen LogP contribution is -2.46. The number of pyridine rings is 1. The van der Waals surface area contributed by atoms with Crippen molar-refractivity contribution in [3.05, 3.63) is 48.7 Å². The van der Waals surface area contributed by atoms with Gasteiger partial charge in [0, 0.05) is 64.8 Å². The van der Waals surface area contributed by atoms with E-state index in [9.17, 15) is 4.79 Å². The van der Waals surface area contributed by atoms with Crippen LogP contribution in [0.15, 0.2) is 48.7 Å². The molecule has 0 radical (unpaired) electrons. The maximum absolute atomic E-state index is 12.6. The summed E-state index contributed by atoms with van der Waals surface area (Å²) in [6, 6.07) is 14.8. The van der Waals surface area contributed by atoms with Crippen LogP contribution in [0, 0.1) is 5.92 Å². The Balaban J connectivity index is 1.10. The lowest BCUT2D eigenvalue weighted by molar-refractivity contribution is -0.120. The third kappa shape index (κ3) is 6.22. The minimum Gasteiger partial charge on any atom is -0.387 e. The summed E-state index contributed by atoms with van der Waals surface area (Å²) in [6.45, 7) is 7.36. The number of benzene rings is 1. The quantitative estimate of drug-likeness (QED) is 0.645. The molecule has 6 heteroatoms. The molecule has 3 heterocycles. The molecular formula is C26H37N5O. The molecule has 2 aliphatic rings. The number of anilines is 3. The van der Waals surface area contributed by atoms with Gasteiger partial charge in [-0.1, -0.05) is 18.2 Å². The molecule has 172 valence electrons. The lowest BCUT2D eigenvalue weighted by atomic mass is 9.90. The average Bonchev–Trinajstić information content (AvgIpc) is 2.85. The van der Waals surface area contributed by atoms with Crippen LogP contribution in [0.2, 0.25) is 0 Å². The molecule has 0 amide bonds. The number of hydrogen-bond acceptors (Lipinski definition) is 6. The molecule has 0 atom stereocenters. The molecule has 0 bridgehead atoms. The molecule has 4 rings (SSSR count). The highest BCUT2D eigenvalue weighted by atomic mass is 16.1. The van der Waals surface area contributed by atoms with Crippen LogP contribution in [0.3, 0.4) is 0 Å². The van der Waals surface area contributed by atoms with Gasteiger partial charge in [0.15, 0.2) is 0 Å². The number of hydrogen-bond donors (Lipinski definition) is 1. The van der Waals surface area contributed by atoms with Gasteiger partial charge in [0.05, 0.1) is 11.9 Å². The molecule has 2 aromatic rings. The number of Topliss-reactive ketones (excluding diaryl/α,β-unsaturated/α-hetero) is 1. The summed E-state index contributed by atoms with van der Waals surface area (Å²) in [5, 5.41) is 3.11. The van der Waals surface area contributed by atoms with Crippen LogP contribution >= 0.6 is 0 Å². The van der Waals surface area contributed by atoms with Gasteiger partial charge in [0.2, 0.25) is 0 Å². The number of rotatable bonds is 9. The van der Waals surface area contributed by atoms with Crippen molar-refractivity contribution in [2.75, 3.05) is 68.0 Å². The lowest BCUT2D eigenvalue weighted by Gasteiger charge is -2.36. The monoisotopic (exact) mass is 435 g/mol. The molecule has 2 aliphatic heterocycles. The number of para-hydroxylation sites is 1. The maximum atomic E-state index is 12.6. The number of carbonyl (C=O) groups is 1. The Morgan fingerprint density at radius 3 is 2.38 bits per heavy atom. The Morgan fingerprint density at radius 2 is 1.72 bits per heavy atom. The Hall–Kier alpha value is -2.60. The van der Waals surface area contributed by atoms with Crippen molar-refractivity contribution >= 4 is 23.0 Å². The maximum Gasteiger partial charge on any atom is 0.133 e. The zero-order valence-corrected chi connectivity index (χ0v) is 19.4. The summed E-state index contributed by atoms with van der Waals surface area (Å²) >= 11 is 0. The number of ketones is 1. The Morgan fingerprint density at radius 1 is 0.969 bits per heavy atom. The first-order valence-electron chi connectivity index (χ1n) is 12.1. The summed E-state index contributed by atoms with van der Waals surface area (Å²) in [5.41, 5.74) is 2.35. The van der Waals surface area contributed by atoms with Crippen LogP contribution in [0.25, 0.3) is 0 Å². The SMILES string of the molecule is CNc1ccc(N2CCC(CC(=O)CCCN3CCN(c4ccccc4)CC3)CC2)nc1. The van der Waals surface area contributed by atoms with E-state index in [1.807, 2.05) is 13.2 Å². The van der Waals surface area contributed by atoms with Gasteiger partial charge in [-0.15, -0.1) is 0 Å². The van der Waals surface area contributed by atoms with Gasteiger partial charge in [-0.2, -0.15) is 0 Å². The number of nitrogens with one attached hydrogen (secondary N) is 1. The second kappa shape index (κ2) is 11.3. The normalized spacial score (nSPS) is 18.0. The minimum atomic E-state index is 0.447. The van der Waals surface area contributed by atoms with Gasteiger partial charge in [-0.05, 0) is 56.0 Å². The van der Waals surface area contributed by atoms with Gasteiger partial charge in [0.1, 0.15) is 11.6 Å². The first-order valence-corrected chi connectivity index (χ1v) is 12.1. The number of carbonyl (C=O) groups excluding carboxylic acids is 1. The van der Waals surface area contributed by atoms with Crippen molar-refractivity contribution in [3.8, 4) is 0 Å². The van der Waals surface area contributed by atoms with Crippen LogP contribution in [0.1, 0.15) is 32.1 Å². The number of piperazine rings is 1. The molecule has 2 fully saturated rings. The van der Waals surface area contributed by atoms with Gasteiger partial charge < -0.3 is 15.1 Å². The van der Waals surface area contributed by atoms with Crippen LogP contribution in [-0.4, -0.2) is 68.5 Å². The van der Waals surface area contributed by atoms with Crippen LogP contribution in [0.5, 0.6) is 0 Å². The minimum absolute atomic E-state index is 0.447. The Kier molecular flexibility index (Phi) is 7.99. The van der Waals surface area contributed by atoms with E-state index < -0.39 is 0 Å². The summed E-state index contributed by atoms with van der Waals surface area (Å²) in [5.74, 6) is 2.02. The van der Waals surface area contributed by atoms with Gasteiger partial charge in [-0.3, -0.25) is 9.69 Å². The Bertz CT molecular complexity index is 825. The van der Waals surface area contributed by atoms with E-state index in [0.29, 0.717) is 11.7 Å². The second-order valence-corrected chi connectivity index (χ2v) is 9.10. The van der Waals surface area contributed by atoms with E-state index in [1.54, 1.807) is 0 Å². The summed E-state index contributed by atoms with van der Waals surface area (Å²) in [4.78, 5) is 24.4. The van der Waals surface area contributed by atoms with Crippen LogP contribution in [-0.2, 0) is 4.79 Å². The van der Waals surface area contributed by atoms with E-state index in [-0.39, 0.29) is 0 Å². The third-order valence-electron chi connectivity index (χ3n) is 6.92. The molecule has 1 aromatic carbocycles. The highest BCUT2D eigenvalue weighted by Gasteiger charge is 2.22. The molecule has 2 saturated heterocycles. The molecule has 0 saturated carbocycles. The number of nitrogens with zero attached hydrogens (tertiary/aromatic N) is 4. The van der Waals surface area contributed by atoms with Crippen molar-refractivity contribution in [1.82, 2.24) is 9.88 Å². The topological polar surface area (TPSA) is 51.7 Å². The summed E-state index contributed by atoms with van der Waals surface area (Å²) < 4.78 is 0. The van der Waals surface area contributed by atoms with Gasteiger partial charge in [-0.25, -0.2) is 4.98 Å². The van der Waals surface area contributed by atoms with E-state index in [2.05, 4.69) is 67.5 Å². The van der Waals surface area contributed by atoms with Crippen LogP contribution in [0.4, 0.5) is 17.2 Å². The first kappa shape index (κ1) is 22.6. The van der Waals surface area contributed by atoms with Crippen molar-refractivity contribution < 1.29 is 4.79 Å². The number of piperidine rings is 1. The zero-order valence-electron chi connectivity index (χ0n) is 19.4. The van der Waals surface area contributed by atoms with Gasteiger partial charge in [0.25, 0.3) is 0 Å². The van der Waals surface area contributed by atoms with E-state index in [1.165, 1.54) is 5.69 Å². The molecule has 0 unspecified atom stereocenters. The van der Waals surface area contributed by atoms with E-state index in [4.69, 9.17) is 0 Å². The van der Waals surface area contributed by atoms with Crippen molar-refractivity contribution in [1.29, 1.82) is 0 Å². The highest BCUT2D eigenvalue weighted by molar-refractivity contribution is 5.78. The zero-order chi connectivity index (χ0) is 22.2. The molecule has 0 spiro atoms. The molecular weight excluding hydrogens is 398 g/mol. The predicted molar refractivity (Wildman–Crippen MR) is 133 cm³/mol. The summed E-state index contributed by atoms with van der Waals surface area (Å²) in [6.07, 6.45) is 6.52. The number of aromatic nitrogens is 1. The van der Waals surface area contributed by atoms with Crippen molar-refractivity contribution in [3.63, 3.8) is 0 Å². The fourth-order valence-corrected chi connectivity index (χ4v) is 4.88. The van der Waals surface area contributed by atoms with Crippen molar-refractivity contribution in [2.45, 2.75) is 32.1 Å². The fraction of sp³-hybridized carbons (Fsp3) is 0.538. The highest BCUT2D eigenvalue weighted by Crippen LogP contribution is 2.25. The molecule has 6 nitrogen and oxygen atoms in total. The second-order valence-electron chi connectivity index (χ2n) is 9.10. The third-order valence-corrected chi connectivity index (χ3v) is 6.92. The molecule has 1 aromatic heterocycles. The molecule has 32 heavy (non-hydrogen) atoms. The van der Waals surface area contributed by atoms with Gasteiger partial charge >= 0.3 is 0 Å².